The molecule has 2 heterocycles. The Morgan fingerprint density at radius 1 is 1.33 bits per heavy atom. The number of rotatable bonds is 3. The first-order valence-corrected chi connectivity index (χ1v) is 6.87. The Hall–Kier alpha value is -2.80. The molecule has 4 heteroatoms. The highest BCUT2D eigenvalue weighted by molar-refractivity contribution is 5.90. The molecule has 0 amide bonds. The maximum Gasteiger partial charge on any atom is 0.151 e. The summed E-state index contributed by atoms with van der Waals surface area (Å²) in [6, 6.07) is 13.9. The zero-order valence-electron chi connectivity index (χ0n) is 12.0. The molecule has 3 rings (SSSR count). The van der Waals surface area contributed by atoms with E-state index in [1.165, 1.54) is 0 Å². The molecule has 0 aliphatic rings. The second kappa shape index (κ2) is 5.29. The number of nitrogens with zero attached hydrogens (tertiary/aromatic N) is 3. The van der Waals surface area contributed by atoms with Crippen LogP contribution in [-0.4, -0.2) is 9.55 Å². The molecule has 1 aromatic carbocycles. The van der Waals surface area contributed by atoms with Crippen molar-refractivity contribution in [3.8, 4) is 6.07 Å². The van der Waals surface area contributed by atoms with E-state index in [4.69, 9.17) is 4.42 Å². The summed E-state index contributed by atoms with van der Waals surface area (Å²) in [5.41, 5.74) is 2.43. The first kappa shape index (κ1) is 13.2. The zero-order chi connectivity index (χ0) is 14.8. The van der Waals surface area contributed by atoms with E-state index in [0.717, 1.165) is 23.3 Å². The standard InChI is InChI=1S/C17H15N3O/c1-3-20-16-7-5-4-6-15(16)19-17(20)13(11-18)10-14-9-8-12(2)21-14/h4-10H,3H2,1-2H3/b13-10-. The number of furan rings is 1. The van der Waals surface area contributed by atoms with Gasteiger partial charge in [0.2, 0.25) is 0 Å². The molecule has 0 saturated carbocycles. The number of allylic oxidation sites excluding steroid dienone is 1. The molecule has 0 aliphatic heterocycles. The highest BCUT2D eigenvalue weighted by Crippen LogP contribution is 2.23. The number of hydrogen-bond acceptors (Lipinski definition) is 3. The van der Waals surface area contributed by atoms with Gasteiger partial charge in [0.1, 0.15) is 17.6 Å². The molecule has 0 bridgehead atoms. The quantitative estimate of drug-likeness (QED) is 0.679. The van der Waals surface area contributed by atoms with Crippen molar-refractivity contribution in [1.82, 2.24) is 9.55 Å². The van der Waals surface area contributed by atoms with E-state index >= 15 is 0 Å². The maximum absolute atomic E-state index is 9.48. The van der Waals surface area contributed by atoms with E-state index in [2.05, 4.69) is 11.1 Å². The third-order valence-corrected chi connectivity index (χ3v) is 3.38. The molecular formula is C17H15N3O. The van der Waals surface area contributed by atoms with Crippen LogP contribution in [0.2, 0.25) is 0 Å². The smallest absolute Gasteiger partial charge is 0.151 e. The predicted molar refractivity (Wildman–Crippen MR) is 82.3 cm³/mol. The summed E-state index contributed by atoms with van der Waals surface area (Å²) in [6.07, 6.45) is 1.74. The van der Waals surface area contributed by atoms with Crippen molar-refractivity contribution in [2.24, 2.45) is 0 Å². The molecule has 0 spiro atoms. The molecule has 0 unspecified atom stereocenters. The van der Waals surface area contributed by atoms with E-state index in [1.807, 2.05) is 54.8 Å². The molecule has 0 saturated heterocycles. The van der Waals surface area contributed by atoms with Crippen LogP contribution in [0.15, 0.2) is 40.8 Å². The van der Waals surface area contributed by atoms with Crippen molar-refractivity contribution in [3.05, 3.63) is 53.7 Å². The second-order valence-electron chi connectivity index (χ2n) is 4.79. The van der Waals surface area contributed by atoms with E-state index < -0.39 is 0 Å². The number of imidazole rings is 1. The molecule has 0 fully saturated rings. The van der Waals surface area contributed by atoms with Crippen molar-refractivity contribution in [2.45, 2.75) is 20.4 Å². The van der Waals surface area contributed by atoms with Crippen LogP contribution in [0.25, 0.3) is 22.7 Å². The van der Waals surface area contributed by atoms with Crippen molar-refractivity contribution >= 4 is 22.7 Å². The lowest BCUT2D eigenvalue weighted by molar-refractivity contribution is 0.525. The molecule has 21 heavy (non-hydrogen) atoms. The predicted octanol–water partition coefficient (Wildman–Crippen LogP) is 4.02. The number of aryl methyl sites for hydroxylation is 2. The summed E-state index contributed by atoms with van der Waals surface area (Å²) >= 11 is 0. The zero-order valence-corrected chi connectivity index (χ0v) is 12.0. The SMILES string of the molecule is CCn1c(/C(C#N)=C\c2ccc(C)o2)nc2ccccc21. The van der Waals surface area contributed by atoms with Crippen LogP contribution in [-0.2, 0) is 6.54 Å². The van der Waals surface area contributed by atoms with Crippen LogP contribution in [0, 0.1) is 18.3 Å². The minimum absolute atomic E-state index is 0.502. The van der Waals surface area contributed by atoms with Crippen molar-refractivity contribution in [3.63, 3.8) is 0 Å². The lowest BCUT2D eigenvalue weighted by Crippen LogP contribution is -2.00. The van der Waals surface area contributed by atoms with Crippen LogP contribution in [0.3, 0.4) is 0 Å². The van der Waals surface area contributed by atoms with E-state index in [9.17, 15) is 5.26 Å². The molecular weight excluding hydrogens is 262 g/mol. The second-order valence-corrected chi connectivity index (χ2v) is 4.79. The van der Waals surface area contributed by atoms with Gasteiger partial charge in [0, 0.05) is 12.6 Å². The molecule has 2 aromatic heterocycles. The lowest BCUT2D eigenvalue weighted by Gasteiger charge is -2.04. The highest BCUT2D eigenvalue weighted by Gasteiger charge is 2.13. The first-order valence-electron chi connectivity index (χ1n) is 6.87. The molecule has 3 aromatic rings. The highest BCUT2D eigenvalue weighted by atomic mass is 16.3. The van der Waals surface area contributed by atoms with Crippen LogP contribution < -0.4 is 0 Å². The van der Waals surface area contributed by atoms with Crippen LogP contribution in [0.1, 0.15) is 24.3 Å². The Morgan fingerprint density at radius 3 is 2.81 bits per heavy atom. The average Bonchev–Trinajstić information content (AvgIpc) is 3.07. The van der Waals surface area contributed by atoms with Crippen LogP contribution in [0.5, 0.6) is 0 Å². The summed E-state index contributed by atoms with van der Waals surface area (Å²) in [7, 11) is 0. The first-order chi connectivity index (χ1) is 10.2. The average molecular weight is 277 g/mol. The summed E-state index contributed by atoms with van der Waals surface area (Å²) in [6.45, 7) is 4.68. The Morgan fingerprint density at radius 2 is 2.14 bits per heavy atom. The number of benzene rings is 1. The van der Waals surface area contributed by atoms with Gasteiger partial charge in [0.25, 0.3) is 0 Å². The Labute approximate surface area is 122 Å². The van der Waals surface area contributed by atoms with Gasteiger partial charge in [-0.2, -0.15) is 5.26 Å². The van der Waals surface area contributed by atoms with Crippen molar-refractivity contribution < 1.29 is 4.42 Å². The monoisotopic (exact) mass is 277 g/mol. The van der Waals surface area contributed by atoms with Gasteiger partial charge in [-0.15, -0.1) is 0 Å². The van der Waals surface area contributed by atoms with Crippen LogP contribution in [0.4, 0.5) is 0 Å². The molecule has 0 N–H and O–H groups in total. The summed E-state index contributed by atoms with van der Waals surface area (Å²) in [5, 5.41) is 9.48. The number of fused-ring (bicyclic) bond motifs is 1. The fourth-order valence-corrected chi connectivity index (χ4v) is 2.42. The number of para-hydroxylation sites is 2. The molecule has 104 valence electrons. The lowest BCUT2D eigenvalue weighted by atomic mass is 10.2. The van der Waals surface area contributed by atoms with Gasteiger partial charge in [-0.1, -0.05) is 12.1 Å². The van der Waals surface area contributed by atoms with Gasteiger partial charge < -0.3 is 8.98 Å². The summed E-state index contributed by atoms with van der Waals surface area (Å²) in [4.78, 5) is 4.59. The van der Waals surface area contributed by atoms with Gasteiger partial charge >= 0.3 is 0 Å². The van der Waals surface area contributed by atoms with Gasteiger partial charge in [-0.25, -0.2) is 4.98 Å². The van der Waals surface area contributed by atoms with Gasteiger partial charge in [0.05, 0.1) is 16.6 Å². The van der Waals surface area contributed by atoms with E-state index in [1.54, 1.807) is 6.08 Å². The van der Waals surface area contributed by atoms with Crippen molar-refractivity contribution in [2.75, 3.05) is 0 Å². The van der Waals surface area contributed by atoms with Gasteiger partial charge in [0.15, 0.2) is 5.82 Å². The Kier molecular flexibility index (Phi) is 3.33. The minimum atomic E-state index is 0.502. The van der Waals surface area contributed by atoms with Gasteiger partial charge in [-0.3, -0.25) is 0 Å². The topological polar surface area (TPSA) is 54.8 Å². The van der Waals surface area contributed by atoms with Gasteiger partial charge in [-0.05, 0) is 38.1 Å². The van der Waals surface area contributed by atoms with Crippen LogP contribution >= 0.6 is 0 Å². The molecule has 4 nitrogen and oxygen atoms in total. The fraction of sp³-hybridized carbons (Fsp3) is 0.176. The normalized spacial score (nSPS) is 11.8. The fourth-order valence-electron chi connectivity index (χ4n) is 2.42. The molecule has 0 aliphatic carbocycles. The third kappa shape index (κ3) is 2.34. The largest absolute Gasteiger partial charge is 0.462 e. The summed E-state index contributed by atoms with van der Waals surface area (Å²) < 4.78 is 7.56. The summed E-state index contributed by atoms with van der Waals surface area (Å²) in [5.74, 6) is 2.16. The Bertz CT molecular complexity index is 862. The third-order valence-electron chi connectivity index (χ3n) is 3.38. The molecule has 0 atom stereocenters. The number of hydrogen-bond donors (Lipinski definition) is 0. The number of nitriles is 1. The minimum Gasteiger partial charge on any atom is -0.462 e. The number of aromatic nitrogens is 2. The van der Waals surface area contributed by atoms with E-state index in [-0.39, 0.29) is 0 Å². The maximum atomic E-state index is 9.48. The molecule has 0 radical (unpaired) electrons. The van der Waals surface area contributed by atoms with Crippen molar-refractivity contribution in [1.29, 1.82) is 5.26 Å². The van der Waals surface area contributed by atoms with E-state index in [0.29, 0.717) is 17.2 Å². The Balaban J connectivity index is 2.17.